The van der Waals surface area contributed by atoms with Crippen molar-refractivity contribution in [1.29, 1.82) is 0 Å². The van der Waals surface area contributed by atoms with E-state index in [0.29, 0.717) is 6.10 Å². The molecule has 0 aromatic carbocycles. The highest BCUT2D eigenvalue weighted by Crippen LogP contribution is 2.23. The van der Waals surface area contributed by atoms with Gasteiger partial charge in [0.1, 0.15) is 0 Å². The lowest BCUT2D eigenvalue weighted by molar-refractivity contribution is 0.0580. The number of ether oxygens (including phenoxy) is 1. The molecule has 2 heteroatoms. The SMILES string of the molecule is CC1CCCC(NCCOC2CCCC2)C1. The van der Waals surface area contributed by atoms with Gasteiger partial charge in [0.2, 0.25) is 0 Å². The average molecular weight is 225 g/mol. The smallest absolute Gasteiger partial charge is 0.0594 e. The van der Waals surface area contributed by atoms with Crippen LogP contribution >= 0.6 is 0 Å². The van der Waals surface area contributed by atoms with Gasteiger partial charge in [0, 0.05) is 12.6 Å². The second-order valence-electron chi connectivity index (χ2n) is 5.70. The molecule has 0 saturated heterocycles. The Balaban J connectivity index is 1.50. The van der Waals surface area contributed by atoms with Crippen LogP contribution in [-0.2, 0) is 4.74 Å². The van der Waals surface area contributed by atoms with Crippen LogP contribution in [0.5, 0.6) is 0 Å². The molecular weight excluding hydrogens is 198 g/mol. The molecule has 0 aromatic rings. The lowest BCUT2D eigenvalue weighted by Crippen LogP contribution is -2.36. The van der Waals surface area contributed by atoms with Gasteiger partial charge in [0.15, 0.2) is 0 Å². The van der Waals surface area contributed by atoms with E-state index in [-0.39, 0.29) is 0 Å². The van der Waals surface area contributed by atoms with Crippen LogP contribution in [0.4, 0.5) is 0 Å². The summed E-state index contributed by atoms with van der Waals surface area (Å²) in [6.45, 7) is 4.34. The van der Waals surface area contributed by atoms with E-state index in [1.54, 1.807) is 0 Å². The van der Waals surface area contributed by atoms with Crippen molar-refractivity contribution in [3.63, 3.8) is 0 Å². The normalized spacial score (nSPS) is 32.1. The maximum atomic E-state index is 5.86. The first-order valence-corrected chi connectivity index (χ1v) is 7.19. The average Bonchev–Trinajstić information content (AvgIpc) is 2.77. The molecule has 0 bridgehead atoms. The first-order chi connectivity index (χ1) is 7.84. The molecule has 16 heavy (non-hydrogen) atoms. The molecule has 2 saturated carbocycles. The van der Waals surface area contributed by atoms with Crippen molar-refractivity contribution < 1.29 is 4.74 Å². The minimum atomic E-state index is 0.576. The van der Waals surface area contributed by atoms with Gasteiger partial charge in [-0.2, -0.15) is 0 Å². The lowest BCUT2D eigenvalue weighted by Gasteiger charge is -2.27. The fourth-order valence-electron chi connectivity index (χ4n) is 3.16. The van der Waals surface area contributed by atoms with Crippen LogP contribution in [-0.4, -0.2) is 25.3 Å². The Morgan fingerprint density at radius 2 is 1.88 bits per heavy atom. The van der Waals surface area contributed by atoms with Crippen LogP contribution in [0.3, 0.4) is 0 Å². The van der Waals surface area contributed by atoms with Crippen LogP contribution in [0.15, 0.2) is 0 Å². The molecule has 2 nitrogen and oxygen atoms in total. The molecule has 2 aliphatic rings. The first kappa shape index (κ1) is 12.4. The fourth-order valence-corrected chi connectivity index (χ4v) is 3.16. The maximum Gasteiger partial charge on any atom is 0.0594 e. The maximum absolute atomic E-state index is 5.86. The molecule has 0 aliphatic heterocycles. The molecule has 2 unspecified atom stereocenters. The Morgan fingerprint density at radius 1 is 1.06 bits per heavy atom. The Hall–Kier alpha value is -0.0800. The molecule has 0 aromatic heterocycles. The van der Waals surface area contributed by atoms with Gasteiger partial charge in [-0.05, 0) is 31.6 Å². The monoisotopic (exact) mass is 225 g/mol. The molecule has 2 fully saturated rings. The van der Waals surface area contributed by atoms with E-state index < -0.39 is 0 Å². The van der Waals surface area contributed by atoms with Gasteiger partial charge in [0.25, 0.3) is 0 Å². The molecule has 94 valence electrons. The molecule has 0 heterocycles. The van der Waals surface area contributed by atoms with Gasteiger partial charge in [-0.25, -0.2) is 0 Å². The van der Waals surface area contributed by atoms with E-state index in [1.807, 2.05) is 0 Å². The van der Waals surface area contributed by atoms with Crippen LogP contribution in [0.1, 0.15) is 58.3 Å². The van der Waals surface area contributed by atoms with E-state index in [1.165, 1.54) is 51.4 Å². The highest BCUT2D eigenvalue weighted by atomic mass is 16.5. The molecule has 0 spiro atoms. The summed E-state index contributed by atoms with van der Waals surface area (Å²) < 4.78 is 5.86. The van der Waals surface area contributed by atoms with Gasteiger partial charge in [-0.15, -0.1) is 0 Å². The van der Waals surface area contributed by atoms with E-state index in [4.69, 9.17) is 4.74 Å². The molecule has 0 amide bonds. The highest BCUT2D eigenvalue weighted by molar-refractivity contribution is 4.75. The predicted octanol–water partition coefficient (Wildman–Crippen LogP) is 3.11. The first-order valence-electron chi connectivity index (χ1n) is 7.19. The zero-order chi connectivity index (χ0) is 11.2. The summed E-state index contributed by atoms with van der Waals surface area (Å²) in [5, 5.41) is 3.65. The van der Waals surface area contributed by atoms with Crippen LogP contribution in [0.2, 0.25) is 0 Å². The number of hydrogen-bond acceptors (Lipinski definition) is 2. The van der Waals surface area contributed by atoms with Crippen molar-refractivity contribution in [1.82, 2.24) is 5.32 Å². The van der Waals surface area contributed by atoms with E-state index >= 15 is 0 Å². The topological polar surface area (TPSA) is 21.3 Å². The third-order valence-electron chi connectivity index (χ3n) is 4.13. The van der Waals surface area contributed by atoms with Crippen molar-refractivity contribution in [2.45, 2.75) is 70.4 Å². The van der Waals surface area contributed by atoms with E-state index in [0.717, 1.165) is 25.1 Å². The summed E-state index contributed by atoms with van der Waals surface area (Å²) in [4.78, 5) is 0. The molecule has 1 N–H and O–H groups in total. The second-order valence-corrected chi connectivity index (χ2v) is 5.70. The zero-order valence-electron chi connectivity index (χ0n) is 10.7. The molecule has 2 atom stereocenters. The molecule has 2 aliphatic carbocycles. The second kappa shape index (κ2) is 6.61. The van der Waals surface area contributed by atoms with Crippen molar-refractivity contribution in [2.24, 2.45) is 5.92 Å². The van der Waals surface area contributed by atoms with Gasteiger partial charge >= 0.3 is 0 Å². The Labute approximate surface area is 100 Å². The standard InChI is InChI=1S/C14H27NO/c1-12-5-4-6-13(11-12)15-9-10-16-14-7-2-3-8-14/h12-15H,2-11H2,1H3. The van der Waals surface area contributed by atoms with Gasteiger partial charge in [-0.1, -0.05) is 32.6 Å². The minimum absolute atomic E-state index is 0.576. The van der Waals surface area contributed by atoms with Crippen molar-refractivity contribution in [2.75, 3.05) is 13.2 Å². The van der Waals surface area contributed by atoms with Gasteiger partial charge in [-0.3, -0.25) is 0 Å². The van der Waals surface area contributed by atoms with E-state index in [2.05, 4.69) is 12.2 Å². The van der Waals surface area contributed by atoms with Crippen molar-refractivity contribution in [3.8, 4) is 0 Å². The summed E-state index contributed by atoms with van der Waals surface area (Å²) in [6, 6.07) is 0.760. The van der Waals surface area contributed by atoms with E-state index in [9.17, 15) is 0 Å². The number of nitrogens with one attached hydrogen (secondary N) is 1. The summed E-state index contributed by atoms with van der Waals surface area (Å²) in [5.74, 6) is 0.919. The number of rotatable bonds is 5. The number of hydrogen-bond donors (Lipinski definition) is 1. The molecule has 2 rings (SSSR count). The minimum Gasteiger partial charge on any atom is -0.377 e. The third kappa shape index (κ3) is 4.06. The van der Waals surface area contributed by atoms with Crippen LogP contribution in [0, 0.1) is 5.92 Å². The van der Waals surface area contributed by atoms with Crippen LogP contribution in [0.25, 0.3) is 0 Å². The summed E-state index contributed by atoms with van der Waals surface area (Å²) >= 11 is 0. The van der Waals surface area contributed by atoms with Crippen molar-refractivity contribution in [3.05, 3.63) is 0 Å². The summed E-state index contributed by atoms with van der Waals surface area (Å²) in [5.41, 5.74) is 0. The third-order valence-corrected chi connectivity index (χ3v) is 4.13. The van der Waals surface area contributed by atoms with Crippen molar-refractivity contribution >= 4 is 0 Å². The van der Waals surface area contributed by atoms with Gasteiger partial charge in [0.05, 0.1) is 12.7 Å². The molecule has 0 radical (unpaired) electrons. The zero-order valence-corrected chi connectivity index (χ0v) is 10.7. The predicted molar refractivity (Wildman–Crippen MR) is 67.6 cm³/mol. The van der Waals surface area contributed by atoms with Gasteiger partial charge < -0.3 is 10.1 Å². The Bertz CT molecular complexity index is 189. The Kier molecular flexibility index (Phi) is 5.11. The quantitative estimate of drug-likeness (QED) is 0.726. The highest BCUT2D eigenvalue weighted by Gasteiger charge is 2.18. The molecular formula is C14H27NO. The van der Waals surface area contributed by atoms with Crippen LogP contribution < -0.4 is 5.32 Å². The Morgan fingerprint density at radius 3 is 2.62 bits per heavy atom. The lowest BCUT2D eigenvalue weighted by atomic mass is 9.87. The summed E-state index contributed by atoms with van der Waals surface area (Å²) in [6.07, 6.45) is 11.5. The largest absolute Gasteiger partial charge is 0.377 e. The fraction of sp³-hybridized carbons (Fsp3) is 1.00. The summed E-state index contributed by atoms with van der Waals surface area (Å²) in [7, 11) is 0.